The molecular weight excluding hydrogens is 204 g/mol. The van der Waals surface area contributed by atoms with Crippen LogP contribution >= 0.6 is 0 Å². The Morgan fingerprint density at radius 2 is 2.31 bits per heavy atom. The summed E-state index contributed by atoms with van der Waals surface area (Å²) in [4.78, 5) is 19.4. The number of rotatable bonds is 3. The number of imidazole rings is 1. The van der Waals surface area contributed by atoms with Gasteiger partial charge in [-0.25, -0.2) is 4.98 Å². The van der Waals surface area contributed by atoms with E-state index in [1.165, 1.54) is 32.1 Å². The van der Waals surface area contributed by atoms with Crippen molar-refractivity contribution < 1.29 is 9.53 Å². The molecule has 1 heterocycles. The zero-order valence-electron chi connectivity index (χ0n) is 9.45. The molecule has 1 N–H and O–H groups in total. The Morgan fingerprint density at radius 1 is 1.56 bits per heavy atom. The molecule has 4 nitrogen and oxygen atoms in total. The van der Waals surface area contributed by atoms with Crippen LogP contribution in [0.1, 0.15) is 49.5 Å². The molecule has 0 radical (unpaired) electrons. The van der Waals surface area contributed by atoms with Crippen LogP contribution in [0.5, 0.6) is 0 Å². The number of carbonyl (C=O) groups is 1. The number of methoxy groups -OCH3 is 1. The molecule has 2 fully saturated rings. The lowest BCUT2D eigenvalue weighted by atomic mass is 9.83. The van der Waals surface area contributed by atoms with Crippen LogP contribution in [0.2, 0.25) is 0 Å². The zero-order valence-corrected chi connectivity index (χ0v) is 9.45. The normalized spacial score (nSPS) is 22.6. The molecule has 3 rings (SSSR count). The van der Waals surface area contributed by atoms with Gasteiger partial charge in [-0.1, -0.05) is 6.42 Å². The smallest absolute Gasteiger partial charge is 0.319 e. The topological polar surface area (TPSA) is 55.0 Å². The second-order valence-corrected chi connectivity index (χ2v) is 4.89. The van der Waals surface area contributed by atoms with Gasteiger partial charge in [0.25, 0.3) is 0 Å². The van der Waals surface area contributed by atoms with Crippen LogP contribution in [-0.4, -0.2) is 23.0 Å². The van der Waals surface area contributed by atoms with Gasteiger partial charge >= 0.3 is 5.97 Å². The molecule has 1 aromatic heterocycles. The van der Waals surface area contributed by atoms with Gasteiger partial charge < -0.3 is 9.72 Å². The largest absolute Gasteiger partial charge is 0.468 e. The predicted molar refractivity (Wildman–Crippen MR) is 58.1 cm³/mol. The molecule has 0 aliphatic heterocycles. The number of aromatic amines is 1. The number of nitrogens with zero attached hydrogens (tertiary/aromatic N) is 1. The number of hydrogen-bond donors (Lipinski definition) is 1. The van der Waals surface area contributed by atoms with Gasteiger partial charge in [0, 0.05) is 17.8 Å². The average Bonchev–Trinajstić information content (AvgIpc) is 2.90. The Morgan fingerprint density at radius 3 is 2.81 bits per heavy atom. The monoisotopic (exact) mass is 220 g/mol. The Bertz CT molecular complexity index is 416. The molecule has 0 bridgehead atoms. The van der Waals surface area contributed by atoms with Gasteiger partial charge in [0.05, 0.1) is 7.11 Å². The minimum absolute atomic E-state index is 0.151. The van der Waals surface area contributed by atoms with E-state index in [1.807, 2.05) is 6.20 Å². The molecule has 0 spiro atoms. The van der Waals surface area contributed by atoms with E-state index in [2.05, 4.69) is 9.97 Å². The van der Waals surface area contributed by atoms with E-state index in [9.17, 15) is 4.79 Å². The van der Waals surface area contributed by atoms with E-state index in [0.717, 1.165) is 18.7 Å². The maximum Gasteiger partial charge on any atom is 0.319 e. The molecule has 4 heteroatoms. The third kappa shape index (κ3) is 1.29. The summed E-state index contributed by atoms with van der Waals surface area (Å²) in [6, 6.07) is 0. The number of esters is 1. The highest BCUT2D eigenvalue weighted by atomic mass is 16.5. The molecule has 2 saturated carbocycles. The Hall–Kier alpha value is -1.32. The quantitative estimate of drug-likeness (QED) is 0.791. The fourth-order valence-corrected chi connectivity index (χ4v) is 2.36. The highest BCUT2D eigenvalue weighted by Gasteiger charge is 2.55. The third-order valence-corrected chi connectivity index (χ3v) is 3.92. The number of H-pyrrole nitrogens is 1. The number of aromatic nitrogens is 2. The van der Waals surface area contributed by atoms with Crippen LogP contribution in [-0.2, 0) is 14.9 Å². The van der Waals surface area contributed by atoms with Crippen LogP contribution in [0.25, 0.3) is 0 Å². The van der Waals surface area contributed by atoms with E-state index >= 15 is 0 Å². The van der Waals surface area contributed by atoms with Crippen LogP contribution < -0.4 is 0 Å². The highest BCUT2D eigenvalue weighted by molar-refractivity contribution is 5.85. The van der Waals surface area contributed by atoms with Crippen molar-refractivity contribution in [3.8, 4) is 0 Å². The third-order valence-electron chi connectivity index (χ3n) is 3.92. The lowest BCUT2D eigenvalue weighted by molar-refractivity contribution is -0.143. The molecule has 2 aliphatic carbocycles. The zero-order chi connectivity index (χ0) is 11.2. The number of carbonyl (C=O) groups excluding carboxylic acids is 1. The van der Waals surface area contributed by atoms with Crippen LogP contribution in [0.4, 0.5) is 0 Å². The maximum atomic E-state index is 11.7. The molecule has 0 saturated heterocycles. The second kappa shape index (κ2) is 3.34. The van der Waals surface area contributed by atoms with E-state index in [-0.39, 0.29) is 5.97 Å². The van der Waals surface area contributed by atoms with Crippen molar-refractivity contribution in [2.75, 3.05) is 7.11 Å². The van der Waals surface area contributed by atoms with Crippen molar-refractivity contribution in [1.82, 2.24) is 9.97 Å². The first kappa shape index (κ1) is 9.87. The van der Waals surface area contributed by atoms with E-state index < -0.39 is 5.41 Å². The van der Waals surface area contributed by atoms with Crippen LogP contribution in [0.3, 0.4) is 0 Å². The molecule has 16 heavy (non-hydrogen) atoms. The molecule has 0 atom stereocenters. The fraction of sp³-hybridized carbons (Fsp3) is 0.667. The van der Waals surface area contributed by atoms with Gasteiger partial charge in [-0.2, -0.15) is 0 Å². The molecule has 0 unspecified atom stereocenters. The Kier molecular flexibility index (Phi) is 2.06. The fourth-order valence-electron chi connectivity index (χ4n) is 2.36. The standard InChI is InChI=1S/C12H16N2O2/c1-16-11(15)12(5-6-12)10-13-7-9(14-10)8-3-2-4-8/h7-8H,2-6H2,1H3,(H,13,14). The summed E-state index contributed by atoms with van der Waals surface area (Å²) in [5.41, 5.74) is 0.743. The maximum absolute atomic E-state index is 11.7. The summed E-state index contributed by atoms with van der Waals surface area (Å²) in [7, 11) is 1.44. The van der Waals surface area contributed by atoms with Crippen molar-refractivity contribution in [2.24, 2.45) is 0 Å². The van der Waals surface area contributed by atoms with Gasteiger partial charge in [0.1, 0.15) is 11.2 Å². The molecule has 86 valence electrons. The predicted octanol–water partition coefficient (Wildman–Crippen LogP) is 1.88. The molecule has 0 aromatic carbocycles. The summed E-state index contributed by atoms with van der Waals surface area (Å²) >= 11 is 0. The lowest BCUT2D eigenvalue weighted by Crippen LogP contribution is -2.23. The number of ether oxygens (including phenoxy) is 1. The minimum atomic E-state index is -0.448. The summed E-state index contributed by atoms with van der Waals surface area (Å²) < 4.78 is 4.84. The summed E-state index contributed by atoms with van der Waals surface area (Å²) in [5, 5.41) is 0. The van der Waals surface area contributed by atoms with Crippen molar-refractivity contribution in [1.29, 1.82) is 0 Å². The van der Waals surface area contributed by atoms with Crippen molar-refractivity contribution in [2.45, 2.75) is 43.4 Å². The van der Waals surface area contributed by atoms with Crippen molar-refractivity contribution in [3.05, 3.63) is 17.7 Å². The first-order valence-corrected chi connectivity index (χ1v) is 5.90. The van der Waals surface area contributed by atoms with Gasteiger partial charge in [-0.05, 0) is 25.7 Å². The molecule has 1 aromatic rings. The first-order chi connectivity index (χ1) is 7.76. The highest BCUT2D eigenvalue weighted by Crippen LogP contribution is 2.48. The molecule has 0 amide bonds. The summed E-state index contributed by atoms with van der Waals surface area (Å²) in [6.07, 6.45) is 7.40. The van der Waals surface area contributed by atoms with E-state index in [0.29, 0.717) is 5.92 Å². The molecule has 2 aliphatic rings. The van der Waals surface area contributed by atoms with Crippen LogP contribution in [0.15, 0.2) is 6.20 Å². The Labute approximate surface area is 94.4 Å². The average molecular weight is 220 g/mol. The van der Waals surface area contributed by atoms with Crippen molar-refractivity contribution >= 4 is 5.97 Å². The number of nitrogens with one attached hydrogen (secondary N) is 1. The van der Waals surface area contributed by atoms with Crippen molar-refractivity contribution in [3.63, 3.8) is 0 Å². The summed E-state index contributed by atoms with van der Waals surface area (Å²) in [6.45, 7) is 0. The summed E-state index contributed by atoms with van der Waals surface area (Å²) in [5.74, 6) is 1.29. The van der Waals surface area contributed by atoms with Gasteiger partial charge in [0.2, 0.25) is 0 Å². The van der Waals surface area contributed by atoms with Gasteiger partial charge in [-0.15, -0.1) is 0 Å². The number of hydrogen-bond acceptors (Lipinski definition) is 3. The van der Waals surface area contributed by atoms with E-state index in [4.69, 9.17) is 4.74 Å². The minimum Gasteiger partial charge on any atom is -0.468 e. The van der Waals surface area contributed by atoms with Crippen LogP contribution in [0, 0.1) is 0 Å². The van der Waals surface area contributed by atoms with E-state index in [1.54, 1.807) is 0 Å². The first-order valence-electron chi connectivity index (χ1n) is 5.90. The molecular formula is C12H16N2O2. The Balaban J connectivity index is 1.84. The van der Waals surface area contributed by atoms with Gasteiger partial charge in [-0.3, -0.25) is 4.79 Å². The second-order valence-electron chi connectivity index (χ2n) is 4.89. The lowest BCUT2D eigenvalue weighted by Gasteiger charge is -2.23. The SMILES string of the molecule is COC(=O)C1(c2ncc(C3CCC3)[nH]2)CC1. The van der Waals surface area contributed by atoms with Gasteiger partial charge in [0.15, 0.2) is 0 Å².